The number of alkyl halides is 41. The van der Waals surface area contributed by atoms with Gasteiger partial charge in [0.15, 0.2) is 0 Å². The van der Waals surface area contributed by atoms with Crippen LogP contribution < -0.4 is 0 Å². The van der Waals surface area contributed by atoms with Gasteiger partial charge in [0.05, 0.1) is 0 Å². The van der Waals surface area contributed by atoms with Crippen LogP contribution in [-0.4, -0.2) is 127 Å². The standard InChI is InChI=1S/C21F42O7/c22-1(64)2(23,9(31,32)33)65-17(54,55)4(26,11(37,38)39)67-19(58,59)6(28,13(43,44)45)69-21(62,63)8(30,15(49,50)51)70-20(60,61)7(29,14(46,47)48)68-18(56,57)5(27,12(40,41)42)66-16(52,53)3(24,25)10(34,35)36. The van der Waals surface area contributed by atoms with Crippen LogP contribution >= 0.6 is 0 Å². The van der Waals surface area contributed by atoms with Gasteiger partial charge in [-0.25, -0.2) is 0 Å². The zero-order valence-electron chi connectivity index (χ0n) is 29.2. The van der Waals surface area contributed by atoms with Gasteiger partial charge in [-0.05, 0) is 0 Å². The lowest BCUT2D eigenvalue weighted by Crippen LogP contribution is -2.73. The van der Waals surface area contributed by atoms with E-state index in [4.69, 9.17) is 0 Å². The summed E-state index contributed by atoms with van der Waals surface area (Å²) < 4.78 is 570. The van der Waals surface area contributed by atoms with Gasteiger partial charge < -0.3 is 0 Å². The lowest BCUT2D eigenvalue weighted by atomic mass is 10.2. The Bertz CT molecular complexity index is 1850. The predicted molar refractivity (Wildman–Crippen MR) is 113 cm³/mol. The van der Waals surface area contributed by atoms with Crippen LogP contribution in [0.1, 0.15) is 0 Å². The van der Waals surface area contributed by atoms with Crippen molar-refractivity contribution in [2.45, 2.75) is 121 Å². The average molecular weight is 1160 g/mol. The van der Waals surface area contributed by atoms with Crippen LogP contribution in [0, 0.1) is 0 Å². The first kappa shape index (κ1) is 66.5. The van der Waals surface area contributed by atoms with Crippen LogP contribution in [0.25, 0.3) is 0 Å². The van der Waals surface area contributed by atoms with E-state index in [2.05, 4.69) is 0 Å². The summed E-state index contributed by atoms with van der Waals surface area (Å²) in [6, 6.07) is -5.38. The van der Waals surface area contributed by atoms with Gasteiger partial charge in [0, 0.05) is 0 Å². The van der Waals surface area contributed by atoms with Gasteiger partial charge in [-0.1, -0.05) is 0 Å². The molecule has 0 aromatic heterocycles. The minimum atomic E-state index is -9.93. The summed E-state index contributed by atoms with van der Waals surface area (Å²) in [7, 11) is 0. The first-order chi connectivity index (χ1) is 29.4. The molecule has 0 aliphatic heterocycles. The molecular weight excluding hydrogens is 1160 g/mol. The fourth-order valence-electron chi connectivity index (χ4n) is 3.24. The van der Waals surface area contributed by atoms with Crippen molar-refractivity contribution in [3.8, 4) is 0 Å². The molecule has 6 unspecified atom stereocenters. The summed E-state index contributed by atoms with van der Waals surface area (Å²) >= 11 is 0. The van der Waals surface area contributed by atoms with E-state index in [1.165, 1.54) is 0 Å². The van der Waals surface area contributed by atoms with Crippen molar-refractivity contribution in [2.24, 2.45) is 0 Å². The van der Waals surface area contributed by atoms with E-state index < -0.39 is 127 Å². The Balaban J connectivity index is 8.28. The van der Waals surface area contributed by atoms with E-state index in [1.54, 1.807) is 0 Å². The molecule has 420 valence electrons. The second-order valence-corrected chi connectivity index (χ2v) is 11.6. The lowest BCUT2D eigenvalue weighted by molar-refractivity contribution is -0.605. The van der Waals surface area contributed by atoms with E-state index in [9.17, 15) is 189 Å². The van der Waals surface area contributed by atoms with Crippen molar-refractivity contribution in [2.75, 3.05) is 0 Å². The van der Waals surface area contributed by atoms with Crippen molar-refractivity contribution in [3.05, 3.63) is 0 Å². The number of halogens is 42. The maximum atomic E-state index is 14.7. The summed E-state index contributed by atoms with van der Waals surface area (Å²) in [4.78, 5) is 10.2. The van der Waals surface area contributed by atoms with E-state index in [0.717, 1.165) is 4.74 Å². The average Bonchev–Trinajstić information content (AvgIpc) is 3.02. The highest BCUT2D eigenvalue weighted by Gasteiger charge is 2.92. The van der Waals surface area contributed by atoms with Gasteiger partial charge >= 0.3 is 127 Å². The molecule has 0 saturated carbocycles. The number of rotatable bonds is 19. The molecule has 0 spiro atoms. The molecule has 70 heavy (non-hydrogen) atoms. The van der Waals surface area contributed by atoms with E-state index in [-0.39, 0.29) is 0 Å². The zero-order chi connectivity index (χ0) is 57.8. The Morgan fingerprint density at radius 3 is 0.500 bits per heavy atom. The molecular formula is C21F42O7. The van der Waals surface area contributed by atoms with Gasteiger partial charge in [0.2, 0.25) is 0 Å². The molecule has 7 nitrogen and oxygen atoms in total. The third-order valence-electron chi connectivity index (χ3n) is 6.65. The maximum Gasteiger partial charge on any atom is 0.462 e. The van der Waals surface area contributed by atoms with Crippen molar-refractivity contribution >= 4 is 6.04 Å². The molecule has 0 N–H and O–H groups in total. The molecule has 0 saturated heterocycles. The summed E-state index contributed by atoms with van der Waals surface area (Å²) in [6.07, 6.45) is -120. The van der Waals surface area contributed by atoms with E-state index >= 15 is 0 Å². The molecule has 0 aromatic carbocycles. The molecule has 0 bridgehead atoms. The number of carbonyl (C=O) groups excluding carboxylic acids is 1. The number of hydrogen-bond donors (Lipinski definition) is 0. The summed E-state index contributed by atoms with van der Waals surface area (Å²) in [6.45, 7) is 0. The molecule has 0 radical (unpaired) electrons. The Morgan fingerprint density at radius 1 is 0.214 bits per heavy atom. The summed E-state index contributed by atoms with van der Waals surface area (Å²) in [5.41, 5.74) is 0. The quantitative estimate of drug-likeness (QED) is 0.0942. The third-order valence-corrected chi connectivity index (χ3v) is 6.65. The molecule has 6 atom stereocenters. The van der Waals surface area contributed by atoms with Gasteiger partial charge in [-0.2, -0.15) is 184 Å². The highest BCUT2D eigenvalue weighted by Crippen LogP contribution is 2.63. The van der Waals surface area contributed by atoms with Crippen molar-refractivity contribution in [3.63, 3.8) is 0 Å². The molecule has 0 amide bonds. The molecule has 0 aliphatic rings. The maximum absolute atomic E-state index is 14.7. The number of ether oxygens (including phenoxy) is 6. The molecule has 0 aliphatic carbocycles. The second kappa shape index (κ2) is 17.3. The summed E-state index contributed by atoms with van der Waals surface area (Å²) in [5.74, 6) is -65.0. The molecule has 49 heteroatoms. The fraction of sp³-hybridized carbons (Fsp3) is 0.952. The molecule has 0 rings (SSSR count). The lowest BCUT2D eigenvalue weighted by Gasteiger charge is -2.45. The normalized spacial score (nSPS) is 20.9. The predicted octanol–water partition coefficient (Wildman–Crippen LogP) is 12.7. The van der Waals surface area contributed by atoms with E-state index in [0.29, 0.717) is 23.7 Å². The smallest absolute Gasteiger partial charge is 0.263 e. The summed E-state index contributed by atoms with van der Waals surface area (Å²) in [5, 5.41) is 0. The van der Waals surface area contributed by atoms with Crippen LogP contribution in [0.15, 0.2) is 0 Å². The largest absolute Gasteiger partial charge is 0.462 e. The van der Waals surface area contributed by atoms with Crippen LogP contribution in [0.3, 0.4) is 0 Å². The minimum Gasteiger partial charge on any atom is -0.263 e. The van der Waals surface area contributed by atoms with Gasteiger partial charge in [0.1, 0.15) is 0 Å². The monoisotopic (exact) mass is 1160 g/mol. The zero-order valence-corrected chi connectivity index (χ0v) is 29.2. The Morgan fingerprint density at radius 2 is 0.371 bits per heavy atom. The van der Waals surface area contributed by atoms with Gasteiger partial charge in [-0.3, -0.25) is 33.2 Å². The molecule has 0 heterocycles. The molecule has 0 fully saturated rings. The Labute approximate surface area is 346 Å². The topological polar surface area (TPSA) is 72.5 Å². The number of hydrogen-bond acceptors (Lipinski definition) is 7. The van der Waals surface area contributed by atoms with Gasteiger partial charge in [0.25, 0.3) is 0 Å². The van der Waals surface area contributed by atoms with E-state index in [1.807, 2.05) is 0 Å². The van der Waals surface area contributed by atoms with Crippen LogP contribution in [-0.2, 0) is 33.2 Å². The number of carbonyl (C=O) groups is 1. The van der Waals surface area contributed by atoms with Crippen LogP contribution in [0.5, 0.6) is 0 Å². The highest BCUT2D eigenvalue weighted by atomic mass is 19.5. The van der Waals surface area contributed by atoms with Crippen LogP contribution in [0.2, 0.25) is 0 Å². The van der Waals surface area contributed by atoms with Crippen molar-refractivity contribution in [1.29, 1.82) is 0 Å². The Hall–Kier alpha value is -3.51. The fourth-order valence-corrected chi connectivity index (χ4v) is 3.24. The van der Waals surface area contributed by atoms with Crippen molar-refractivity contribution < 1.29 is 218 Å². The Kier molecular flexibility index (Phi) is 16.4. The second-order valence-electron chi connectivity index (χ2n) is 11.6. The third kappa shape index (κ3) is 10.8. The van der Waals surface area contributed by atoms with Gasteiger partial charge in [-0.15, -0.1) is 0 Å². The van der Waals surface area contributed by atoms with Crippen LogP contribution in [0.4, 0.5) is 184 Å². The SMILES string of the molecule is O=C(F)C(F)(OC(F)(F)C(F)(OC(F)(F)C(F)(OC(F)(F)C(F)(OC(F)(F)C(F)(OC(F)(F)C(F)(OC(F)(F)C(F)(F)C(F)(F)F)C(F)(F)F)C(F)(F)F)C(F)(F)F)C(F)(F)F)C(F)(F)F)C(F)(F)F. The minimum absolute atomic E-state index is 0.536. The van der Waals surface area contributed by atoms with Crippen molar-refractivity contribution in [1.82, 2.24) is 0 Å². The first-order valence-electron chi connectivity index (χ1n) is 14.1. The first-order valence-corrected chi connectivity index (χ1v) is 14.1. The molecule has 0 aromatic rings. The highest BCUT2D eigenvalue weighted by molar-refractivity contribution is 5.77.